The zero-order valence-corrected chi connectivity index (χ0v) is 26.2. The summed E-state index contributed by atoms with van der Waals surface area (Å²) in [5, 5.41) is 33.5. The lowest BCUT2D eigenvalue weighted by Crippen LogP contribution is -2.56. The zero-order chi connectivity index (χ0) is 29.4. The largest absolute Gasteiger partial charge is 0.493 e. The van der Waals surface area contributed by atoms with Crippen molar-refractivity contribution >= 4 is 34.4 Å². The zero-order valence-electron chi connectivity index (χ0n) is 24.0. The number of aliphatic hydroxyl groups excluding tert-OH is 3. The van der Waals surface area contributed by atoms with E-state index in [0.717, 1.165) is 51.4 Å². The number of aliphatic hydroxyl groups is 3. The fraction of sp³-hybridized carbons (Fsp3) is 0.677. The maximum atomic E-state index is 13.9. The molecule has 3 aliphatic rings. The molecule has 228 valence electrons. The van der Waals surface area contributed by atoms with E-state index in [1.807, 2.05) is 4.90 Å². The normalized spacial score (nSPS) is 23.6. The molecule has 0 aliphatic heterocycles. The number of rotatable bonds is 12. The Morgan fingerprint density at radius 2 is 1.73 bits per heavy atom. The lowest BCUT2D eigenvalue weighted by atomic mass is 9.85. The molecular weight excluding hydrogens is 639 g/mol. The van der Waals surface area contributed by atoms with Crippen LogP contribution in [0.2, 0.25) is 0 Å². The monoisotopic (exact) mass is 684 g/mol. The molecule has 2 amide bonds. The summed E-state index contributed by atoms with van der Waals surface area (Å²) >= 11 is 2.10. The number of nitrogens with zero attached hydrogens (tertiary/aromatic N) is 1. The molecule has 3 aliphatic carbocycles. The van der Waals surface area contributed by atoms with Crippen LogP contribution in [0.1, 0.15) is 76.2 Å². The van der Waals surface area contributed by atoms with Gasteiger partial charge in [-0.1, -0.05) is 32.1 Å². The highest BCUT2D eigenvalue weighted by Crippen LogP contribution is 2.38. The number of ether oxygens (including phenoxy) is 2. The van der Waals surface area contributed by atoms with Crippen LogP contribution in [-0.4, -0.2) is 77.1 Å². The minimum Gasteiger partial charge on any atom is -0.493 e. The predicted octanol–water partition coefficient (Wildman–Crippen LogP) is 3.70. The highest BCUT2D eigenvalue weighted by Gasteiger charge is 2.42. The van der Waals surface area contributed by atoms with E-state index in [9.17, 15) is 24.9 Å². The first-order chi connectivity index (χ1) is 19.8. The Hall–Kier alpha value is -1.89. The average Bonchev–Trinajstić information content (AvgIpc) is 3.50. The molecular formula is C31H45IN2O7. The molecule has 0 aromatic heterocycles. The summed E-state index contributed by atoms with van der Waals surface area (Å²) in [7, 11) is 1.51. The first-order valence-corrected chi connectivity index (χ1v) is 16.1. The van der Waals surface area contributed by atoms with E-state index in [1.165, 1.54) is 13.5 Å². The van der Waals surface area contributed by atoms with E-state index in [-0.39, 0.29) is 38.0 Å². The van der Waals surface area contributed by atoms with Gasteiger partial charge in [0.2, 0.25) is 11.8 Å². The van der Waals surface area contributed by atoms with E-state index in [0.29, 0.717) is 51.0 Å². The highest BCUT2D eigenvalue weighted by atomic mass is 127. The van der Waals surface area contributed by atoms with Gasteiger partial charge in [-0.05, 0) is 83.9 Å². The molecule has 0 spiro atoms. The Morgan fingerprint density at radius 1 is 1.05 bits per heavy atom. The van der Waals surface area contributed by atoms with Crippen molar-refractivity contribution in [1.82, 2.24) is 10.2 Å². The molecule has 3 unspecified atom stereocenters. The summed E-state index contributed by atoms with van der Waals surface area (Å²) in [4.78, 5) is 28.9. The average molecular weight is 685 g/mol. The second kappa shape index (κ2) is 15.5. The minimum absolute atomic E-state index is 0.0433. The number of carbonyl (C=O) groups excluding carboxylic acids is 2. The summed E-state index contributed by atoms with van der Waals surface area (Å²) < 4.78 is 12.6. The van der Waals surface area contributed by atoms with E-state index in [4.69, 9.17) is 9.47 Å². The van der Waals surface area contributed by atoms with Crippen LogP contribution in [-0.2, 0) is 16.2 Å². The fourth-order valence-electron chi connectivity index (χ4n) is 6.54. The van der Waals surface area contributed by atoms with Gasteiger partial charge in [-0.15, -0.1) is 0 Å². The van der Waals surface area contributed by atoms with E-state index in [1.54, 1.807) is 18.2 Å². The number of methoxy groups -OCH3 is 1. The first kappa shape index (κ1) is 32.0. The van der Waals surface area contributed by atoms with Gasteiger partial charge in [-0.2, -0.15) is 0 Å². The number of carbonyl (C=O) groups is 2. The lowest BCUT2D eigenvalue weighted by molar-refractivity contribution is -0.140. The van der Waals surface area contributed by atoms with Crippen LogP contribution < -0.4 is 14.8 Å². The highest BCUT2D eigenvalue weighted by molar-refractivity contribution is 14.1. The van der Waals surface area contributed by atoms with E-state index in [2.05, 4.69) is 27.9 Å². The van der Waals surface area contributed by atoms with Crippen molar-refractivity contribution in [3.8, 4) is 11.5 Å². The van der Waals surface area contributed by atoms with Crippen LogP contribution >= 0.6 is 22.6 Å². The quantitative estimate of drug-likeness (QED) is 0.248. The van der Waals surface area contributed by atoms with Crippen LogP contribution in [0.5, 0.6) is 11.5 Å². The molecule has 1 aromatic carbocycles. The molecule has 0 radical (unpaired) electrons. The van der Waals surface area contributed by atoms with Crippen molar-refractivity contribution < 1.29 is 34.4 Å². The standard InChI is InChI=1S/C31H45IN2O7/c1-40-27-14-22(19-36)13-24(32)30(27)41-26-17-23(31(39)33-11-12-35)16-25(29(26)38)34(18-21-9-3-2-4-10-21)28(37)15-20-7-5-6-8-20/h13-14,17,20-21,25-26,29,35-36,38H,2-12,15-16,18-19H2,1H3,(H,33,39). The Balaban J connectivity index is 1.66. The third-order valence-corrected chi connectivity index (χ3v) is 9.58. The first-order valence-electron chi connectivity index (χ1n) is 15.1. The van der Waals surface area contributed by atoms with Crippen LogP contribution in [0.4, 0.5) is 0 Å². The number of nitrogens with one attached hydrogen (secondary N) is 1. The SMILES string of the molecule is COc1cc(CO)cc(I)c1OC1C=C(C(=O)NCCO)CC(N(CC2CCCCC2)C(=O)CC2CCCC2)C1O. The maximum absolute atomic E-state index is 13.9. The summed E-state index contributed by atoms with van der Waals surface area (Å²) in [5.41, 5.74) is 1.08. The van der Waals surface area contributed by atoms with Gasteiger partial charge in [0, 0.05) is 31.5 Å². The van der Waals surface area contributed by atoms with E-state index >= 15 is 0 Å². The molecule has 41 heavy (non-hydrogen) atoms. The number of hydrogen-bond acceptors (Lipinski definition) is 7. The smallest absolute Gasteiger partial charge is 0.247 e. The van der Waals surface area contributed by atoms with Gasteiger partial charge in [0.05, 0.1) is 29.9 Å². The van der Waals surface area contributed by atoms with Crippen molar-refractivity contribution in [2.75, 3.05) is 26.8 Å². The number of benzene rings is 1. The van der Waals surface area contributed by atoms with Crippen molar-refractivity contribution in [3.63, 3.8) is 0 Å². The van der Waals surface area contributed by atoms with Gasteiger partial charge in [-0.3, -0.25) is 9.59 Å². The topological polar surface area (TPSA) is 129 Å². The predicted molar refractivity (Wildman–Crippen MR) is 164 cm³/mol. The Labute approximate surface area is 256 Å². The second-order valence-corrected chi connectivity index (χ2v) is 12.9. The molecule has 0 saturated heterocycles. The van der Waals surface area contributed by atoms with Crippen LogP contribution in [0.25, 0.3) is 0 Å². The molecule has 4 N–H and O–H groups in total. The van der Waals surface area contributed by atoms with Crippen molar-refractivity contribution in [2.45, 2.75) is 95.5 Å². The molecule has 1 aromatic rings. The molecule has 4 rings (SSSR count). The number of amides is 2. The van der Waals surface area contributed by atoms with Gasteiger partial charge in [0.15, 0.2) is 11.5 Å². The molecule has 9 nitrogen and oxygen atoms in total. The van der Waals surface area contributed by atoms with Gasteiger partial charge >= 0.3 is 0 Å². The third kappa shape index (κ3) is 8.36. The number of hydrogen-bond donors (Lipinski definition) is 4. The Bertz CT molecular complexity index is 1070. The van der Waals surface area contributed by atoms with Crippen molar-refractivity contribution in [2.24, 2.45) is 11.8 Å². The lowest BCUT2D eigenvalue weighted by Gasteiger charge is -2.42. The summed E-state index contributed by atoms with van der Waals surface area (Å²) in [6.07, 6.45) is 10.3. The summed E-state index contributed by atoms with van der Waals surface area (Å²) in [5.74, 6) is 1.24. The molecule has 3 atom stereocenters. The third-order valence-electron chi connectivity index (χ3n) is 8.78. The number of halogens is 1. The van der Waals surface area contributed by atoms with Gasteiger partial charge in [0.25, 0.3) is 0 Å². The fourth-order valence-corrected chi connectivity index (χ4v) is 7.34. The van der Waals surface area contributed by atoms with Crippen LogP contribution in [0.3, 0.4) is 0 Å². The van der Waals surface area contributed by atoms with Gasteiger partial charge in [-0.25, -0.2) is 0 Å². The van der Waals surface area contributed by atoms with E-state index < -0.39 is 18.2 Å². The van der Waals surface area contributed by atoms with Crippen molar-refractivity contribution in [1.29, 1.82) is 0 Å². The van der Waals surface area contributed by atoms with Crippen molar-refractivity contribution in [3.05, 3.63) is 32.9 Å². The maximum Gasteiger partial charge on any atom is 0.247 e. The molecule has 2 fully saturated rings. The second-order valence-electron chi connectivity index (χ2n) is 11.7. The molecule has 2 saturated carbocycles. The molecule has 0 bridgehead atoms. The minimum atomic E-state index is -1.07. The van der Waals surface area contributed by atoms with Crippen LogP contribution in [0.15, 0.2) is 23.8 Å². The molecule has 0 heterocycles. The van der Waals surface area contributed by atoms with Crippen LogP contribution in [0, 0.1) is 15.4 Å². The Kier molecular flexibility index (Phi) is 12.1. The molecule has 10 heteroatoms. The van der Waals surface area contributed by atoms with Gasteiger partial charge < -0.3 is 35.0 Å². The summed E-state index contributed by atoms with van der Waals surface area (Å²) in [6, 6.07) is 2.84. The Morgan fingerprint density at radius 3 is 2.39 bits per heavy atom. The van der Waals surface area contributed by atoms with Gasteiger partial charge in [0.1, 0.15) is 12.2 Å². The summed E-state index contributed by atoms with van der Waals surface area (Å²) in [6.45, 7) is 0.327.